The van der Waals surface area contributed by atoms with Crippen molar-refractivity contribution in [2.45, 2.75) is 64.6 Å². The van der Waals surface area contributed by atoms with Crippen molar-refractivity contribution < 1.29 is 19.8 Å². The van der Waals surface area contributed by atoms with Gasteiger partial charge >= 0.3 is 11.9 Å². The summed E-state index contributed by atoms with van der Waals surface area (Å²) >= 11 is 0. The van der Waals surface area contributed by atoms with Gasteiger partial charge in [-0.25, -0.2) is 9.59 Å². The second kappa shape index (κ2) is 12.4. The van der Waals surface area contributed by atoms with Gasteiger partial charge in [0.05, 0.1) is 0 Å². The summed E-state index contributed by atoms with van der Waals surface area (Å²) in [7, 11) is 0. The second-order valence-electron chi connectivity index (χ2n) is 6.86. The monoisotopic (exact) mass is 364 g/mol. The lowest BCUT2D eigenvalue weighted by Crippen LogP contribution is -2.45. The smallest absolute Gasteiger partial charge is 0.414 e. The van der Waals surface area contributed by atoms with Crippen LogP contribution in [0, 0.1) is 0 Å². The molecule has 146 valence electrons. The van der Waals surface area contributed by atoms with E-state index in [4.69, 9.17) is 19.8 Å². The van der Waals surface area contributed by atoms with Crippen LogP contribution in [0.5, 0.6) is 0 Å². The average Bonchev–Trinajstić information content (AvgIpc) is 2.63. The quantitative estimate of drug-likeness (QED) is 0.645. The van der Waals surface area contributed by atoms with E-state index in [1.54, 1.807) is 0 Å². The van der Waals surface area contributed by atoms with E-state index in [0.29, 0.717) is 6.04 Å². The molecule has 0 spiro atoms. The van der Waals surface area contributed by atoms with Crippen LogP contribution in [0.1, 0.15) is 51.5 Å². The van der Waals surface area contributed by atoms with E-state index in [9.17, 15) is 0 Å². The molecule has 2 rings (SSSR count). The molecule has 26 heavy (non-hydrogen) atoms. The predicted octanol–water partition coefficient (Wildman–Crippen LogP) is 2.97. The highest BCUT2D eigenvalue weighted by atomic mass is 16.4. The average molecular weight is 364 g/mol. The van der Waals surface area contributed by atoms with Crippen LogP contribution in [0.25, 0.3) is 0 Å². The van der Waals surface area contributed by atoms with Crippen LogP contribution in [-0.2, 0) is 16.1 Å². The molecule has 6 nitrogen and oxygen atoms in total. The minimum absolute atomic E-state index is 0.681. The third-order valence-electron chi connectivity index (χ3n) is 4.53. The maximum atomic E-state index is 9.10. The molecule has 0 radical (unpaired) electrons. The van der Waals surface area contributed by atoms with Gasteiger partial charge in [0.1, 0.15) is 0 Å². The Balaban J connectivity index is 0.000000487. The Morgan fingerprint density at radius 1 is 1.15 bits per heavy atom. The Morgan fingerprint density at radius 2 is 1.73 bits per heavy atom. The van der Waals surface area contributed by atoms with E-state index in [-0.39, 0.29) is 0 Å². The van der Waals surface area contributed by atoms with E-state index >= 15 is 0 Å². The van der Waals surface area contributed by atoms with Crippen molar-refractivity contribution in [3.8, 4) is 0 Å². The van der Waals surface area contributed by atoms with Crippen LogP contribution >= 0.6 is 0 Å². The topological polar surface area (TPSA) is 89.9 Å². The molecule has 1 saturated heterocycles. The van der Waals surface area contributed by atoms with E-state index in [1.165, 1.54) is 50.8 Å². The summed E-state index contributed by atoms with van der Waals surface area (Å²) in [5, 5.41) is 18.6. The van der Waals surface area contributed by atoms with Gasteiger partial charge in [-0.3, -0.25) is 4.90 Å². The number of nitrogens with one attached hydrogen (secondary N) is 1. The second-order valence-corrected chi connectivity index (χ2v) is 6.86. The maximum absolute atomic E-state index is 9.10. The van der Waals surface area contributed by atoms with Gasteiger partial charge < -0.3 is 15.5 Å². The first-order valence-corrected chi connectivity index (χ1v) is 9.40. The largest absolute Gasteiger partial charge is 0.473 e. The molecule has 1 aliphatic heterocycles. The van der Waals surface area contributed by atoms with Crippen molar-refractivity contribution in [1.29, 1.82) is 0 Å². The van der Waals surface area contributed by atoms with Crippen LogP contribution in [0.3, 0.4) is 0 Å². The summed E-state index contributed by atoms with van der Waals surface area (Å²) in [5.74, 6) is -3.65. The molecule has 0 saturated carbocycles. The molecule has 0 bridgehead atoms. The van der Waals surface area contributed by atoms with Gasteiger partial charge in [-0.2, -0.15) is 0 Å². The summed E-state index contributed by atoms with van der Waals surface area (Å²) in [5.41, 5.74) is 1.44. The first-order chi connectivity index (χ1) is 12.4. The maximum Gasteiger partial charge on any atom is 0.414 e. The number of benzene rings is 1. The van der Waals surface area contributed by atoms with Gasteiger partial charge in [0, 0.05) is 18.6 Å². The van der Waals surface area contributed by atoms with Crippen LogP contribution < -0.4 is 5.32 Å². The standard InChI is InChI=1S/C18H30N2.C2H2O4/c1-3-4-8-16(2)19-18-11-13-20(14-12-18)15-17-9-6-5-7-10-17;3-1(4)2(5)6/h5-7,9-10,16,18-19H,3-4,8,11-15H2,1-2H3;(H,3,4)(H,5,6). The van der Waals surface area contributed by atoms with Crippen molar-refractivity contribution in [2.75, 3.05) is 13.1 Å². The molecule has 0 aliphatic carbocycles. The summed E-state index contributed by atoms with van der Waals surface area (Å²) in [4.78, 5) is 20.8. The van der Waals surface area contributed by atoms with E-state index in [2.05, 4.69) is 54.4 Å². The van der Waals surface area contributed by atoms with Gasteiger partial charge in [0.25, 0.3) is 0 Å². The summed E-state index contributed by atoms with van der Waals surface area (Å²) in [6.07, 6.45) is 6.57. The zero-order chi connectivity index (χ0) is 19.4. The number of aliphatic carboxylic acids is 2. The number of hydrogen-bond donors (Lipinski definition) is 3. The number of carboxylic acid groups (broad SMARTS) is 2. The highest BCUT2D eigenvalue weighted by molar-refractivity contribution is 6.27. The lowest BCUT2D eigenvalue weighted by molar-refractivity contribution is -0.159. The first kappa shape index (κ1) is 22.1. The number of unbranched alkanes of at least 4 members (excludes halogenated alkanes) is 1. The molecule has 0 amide bonds. The zero-order valence-corrected chi connectivity index (χ0v) is 15.9. The number of carboxylic acids is 2. The Morgan fingerprint density at radius 3 is 2.23 bits per heavy atom. The Bertz CT molecular complexity index is 516. The molecular formula is C20H32N2O4. The lowest BCUT2D eigenvalue weighted by Gasteiger charge is -2.34. The van der Waals surface area contributed by atoms with Gasteiger partial charge in [0.2, 0.25) is 0 Å². The molecule has 1 unspecified atom stereocenters. The van der Waals surface area contributed by atoms with E-state index < -0.39 is 11.9 Å². The normalized spacial score (nSPS) is 16.4. The van der Waals surface area contributed by atoms with Crippen LogP contribution in [0.2, 0.25) is 0 Å². The fourth-order valence-electron chi connectivity index (χ4n) is 3.10. The van der Waals surface area contributed by atoms with Crippen molar-refractivity contribution in [2.24, 2.45) is 0 Å². The predicted molar refractivity (Wildman–Crippen MR) is 102 cm³/mol. The van der Waals surface area contributed by atoms with Gasteiger partial charge in [-0.15, -0.1) is 0 Å². The number of hydrogen-bond acceptors (Lipinski definition) is 4. The van der Waals surface area contributed by atoms with Crippen LogP contribution in [0.4, 0.5) is 0 Å². The fourth-order valence-corrected chi connectivity index (χ4v) is 3.10. The Hall–Kier alpha value is -1.92. The molecule has 1 aliphatic rings. The van der Waals surface area contributed by atoms with Crippen molar-refractivity contribution in [3.63, 3.8) is 0 Å². The number of likely N-dealkylation sites (tertiary alicyclic amines) is 1. The highest BCUT2D eigenvalue weighted by Crippen LogP contribution is 2.15. The molecule has 1 aromatic carbocycles. The minimum Gasteiger partial charge on any atom is -0.473 e. The molecule has 1 fully saturated rings. The number of rotatable bonds is 7. The van der Waals surface area contributed by atoms with E-state index in [0.717, 1.165) is 12.6 Å². The fraction of sp³-hybridized carbons (Fsp3) is 0.600. The number of piperidine rings is 1. The van der Waals surface area contributed by atoms with Crippen LogP contribution in [0.15, 0.2) is 30.3 Å². The van der Waals surface area contributed by atoms with Crippen molar-refractivity contribution in [1.82, 2.24) is 10.2 Å². The SMILES string of the molecule is CCCCC(C)NC1CCN(Cc2ccccc2)CC1.O=C(O)C(=O)O. The van der Waals surface area contributed by atoms with Crippen LogP contribution in [-0.4, -0.2) is 52.2 Å². The van der Waals surface area contributed by atoms with E-state index in [1.807, 2.05) is 0 Å². The Kier molecular flexibility index (Phi) is 10.6. The molecular weight excluding hydrogens is 332 g/mol. The van der Waals surface area contributed by atoms with Crippen molar-refractivity contribution in [3.05, 3.63) is 35.9 Å². The molecule has 3 N–H and O–H groups in total. The lowest BCUT2D eigenvalue weighted by atomic mass is 10.0. The summed E-state index contributed by atoms with van der Waals surface area (Å²) in [6, 6.07) is 12.2. The minimum atomic E-state index is -1.82. The summed E-state index contributed by atoms with van der Waals surface area (Å²) in [6.45, 7) is 8.18. The summed E-state index contributed by atoms with van der Waals surface area (Å²) < 4.78 is 0. The molecule has 0 aromatic heterocycles. The van der Waals surface area contributed by atoms with Crippen molar-refractivity contribution >= 4 is 11.9 Å². The zero-order valence-electron chi connectivity index (χ0n) is 15.9. The van der Waals surface area contributed by atoms with Gasteiger partial charge in [-0.1, -0.05) is 50.1 Å². The third-order valence-corrected chi connectivity index (χ3v) is 4.53. The molecule has 1 atom stereocenters. The number of carbonyl (C=O) groups is 2. The molecule has 1 aromatic rings. The first-order valence-electron chi connectivity index (χ1n) is 9.40. The highest BCUT2D eigenvalue weighted by Gasteiger charge is 2.20. The number of nitrogens with zero attached hydrogens (tertiary/aromatic N) is 1. The molecule has 1 heterocycles. The Labute approximate surface area is 156 Å². The molecule has 6 heteroatoms. The third kappa shape index (κ3) is 9.53. The van der Waals surface area contributed by atoms with Gasteiger partial charge in [-0.05, 0) is 44.8 Å². The van der Waals surface area contributed by atoms with Gasteiger partial charge in [0.15, 0.2) is 0 Å².